The smallest absolute Gasteiger partial charge is 0.0725 e. The number of morpholine rings is 1. The van der Waals surface area contributed by atoms with Crippen molar-refractivity contribution in [3.63, 3.8) is 0 Å². The van der Waals surface area contributed by atoms with Gasteiger partial charge in [-0.3, -0.25) is 4.90 Å². The van der Waals surface area contributed by atoms with E-state index >= 15 is 0 Å². The number of hydrogen-bond donors (Lipinski definition) is 0. The fraction of sp³-hybridized carbons (Fsp3) is 1.00. The fourth-order valence-electron chi connectivity index (χ4n) is 1.80. The Hall–Kier alpha value is -0.0800. The summed E-state index contributed by atoms with van der Waals surface area (Å²) >= 11 is 0. The van der Waals surface area contributed by atoms with Crippen molar-refractivity contribution < 1.29 is 4.74 Å². The predicted octanol–water partition coefficient (Wildman–Crippen LogP) is 1.51. The summed E-state index contributed by atoms with van der Waals surface area (Å²) in [6.45, 7) is 9.84. The van der Waals surface area contributed by atoms with Crippen molar-refractivity contribution in [2.45, 2.75) is 39.3 Å². The molecule has 1 aliphatic heterocycles. The molecule has 2 unspecified atom stereocenters. The van der Waals surface area contributed by atoms with Crippen LogP contribution in [0.15, 0.2) is 0 Å². The van der Waals surface area contributed by atoms with E-state index in [1.807, 2.05) is 0 Å². The quantitative estimate of drug-likeness (QED) is 0.602. The Balaban J connectivity index is 2.45. The van der Waals surface area contributed by atoms with Crippen LogP contribution in [0.4, 0.5) is 0 Å². The SMILES string of the molecule is CCC1OCCN(CC)C1C. The topological polar surface area (TPSA) is 12.5 Å². The molecule has 66 valence electrons. The van der Waals surface area contributed by atoms with Crippen LogP contribution in [0, 0.1) is 0 Å². The molecule has 0 bridgehead atoms. The van der Waals surface area contributed by atoms with Gasteiger partial charge in [0.1, 0.15) is 0 Å². The van der Waals surface area contributed by atoms with Crippen LogP contribution in [-0.4, -0.2) is 36.7 Å². The van der Waals surface area contributed by atoms with E-state index in [1.54, 1.807) is 0 Å². The predicted molar refractivity (Wildman–Crippen MR) is 46.7 cm³/mol. The molecule has 0 aromatic heterocycles. The standard InChI is InChI=1S/C9H19NO/c1-4-9-8(3)10(5-2)6-7-11-9/h8-9H,4-7H2,1-3H3. The summed E-state index contributed by atoms with van der Waals surface area (Å²) in [5, 5.41) is 0. The minimum atomic E-state index is 0.462. The van der Waals surface area contributed by atoms with Crippen molar-refractivity contribution in [3.05, 3.63) is 0 Å². The van der Waals surface area contributed by atoms with Crippen LogP contribution in [0.25, 0.3) is 0 Å². The molecule has 11 heavy (non-hydrogen) atoms. The van der Waals surface area contributed by atoms with Gasteiger partial charge in [-0.15, -0.1) is 0 Å². The third-order valence-electron chi connectivity index (χ3n) is 2.63. The van der Waals surface area contributed by atoms with Gasteiger partial charge < -0.3 is 4.74 Å². The number of likely N-dealkylation sites (N-methyl/N-ethyl adjacent to an activating group) is 1. The Labute approximate surface area is 69.5 Å². The Morgan fingerprint density at radius 3 is 2.73 bits per heavy atom. The highest BCUT2D eigenvalue weighted by Crippen LogP contribution is 2.15. The molecule has 1 aliphatic rings. The number of ether oxygens (including phenoxy) is 1. The van der Waals surface area contributed by atoms with Crippen molar-refractivity contribution in [1.82, 2.24) is 4.90 Å². The van der Waals surface area contributed by atoms with Crippen molar-refractivity contribution in [1.29, 1.82) is 0 Å². The molecular formula is C9H19NO. The van der Waals surface area contributed by atoms with Gasteiger partial charge in [0.2, 0.25) is 0 Å². The van der Waals surface area contributed by atoms with Gasteiger partial charge in [0.05, 0.1) is 12.7 Å². The summed E-state index contributed by atoms with van der Waals surface area (Å²) in [5.41, 5.74) is 0. The second-order valence-electron chi connectivity index (χ2n) is 3.19. The largest absolute Gasteiger partial charge is 0.375 e. The van der Waals surface area contributed by atoms with Gasteiger partial charge >= 0.3 is 0 Å². The Bertz CT molecular complexity index is 104. The Kier molecular flexibility index (Phi) is 3.34. The zero-order chi connectivity index (χ0) is 8.27. The van der Waals surface area contributed by atoms with Crippen LogP contribution < -0.4 is 0 Å². The van der Waals surface area contributed by atoms with Crippen molar-refractivity contribution in [2.24, 2.45) is 0 Å². The minimum absolute atomic E-state index is 0.462. The normalized spacial score (nSPS) is 34.1. The van der Waals surface area contributed by atoms with Crippen LogP contribution in [0.5, 0.6) is 0 Å². The zero-order valence-corrected chi connectivity index (χ0v) is 7.84. The molecule has 2 nitrogen and oxygen atoms in total. The summed E-state index contributed by atoms with van der Waals surface area (Å²) in [7, 11) is 0. The summed E-state index contributed by atoms with van der Waals surface area (Å²) in [5.74, 6) is 0. The molecule has 0 radical (unpaired) electrons. The van der Waals surface area contributed by atoms with Gasteiger partial charge in [0.15, 0.2) is 0 Å². The van der Waals surface area contributed by atoms with Gasteiger partial charge in [0.25, 0.3) is 0 Å². The maximum absolute atomic E-state index is 5.63. The first-order valence-corrected chi connectivity index (χ1v) is 4.65. The maximum Gasteiger partial charge on any atom is 0.0725 e. The van der Waals surface area contributed by atoms with Gasteiger partial charge in [-0.05, 0) is 19.9 Å². The molecule has 1 saturated heterocycles. The van der Waals surface area contributed by atoms with Gasteiger partial charge in [-0.25, -0.2) is 0 Å². The summed E-state index contributed by atoms with van der Waals surface area (Å²) < 4.78 is 5.63. The highest BCUT2D eigenvalue weighted by Gasteiger charge is 2.25. The molecule has 0 aliphatic carbocycles. The maximum atomic E-state index is 5.63. The molecule has 0 amide bonds. The van der Waals surface area contributed by atoms with E-state index in [9.17, 15) is 0 Å². The molecule has 2 heteroatoms. The number of rotatable bonds is 2. The van der Waals surface area contributed by atoms with Gasteiger partial charge in [0, 0.05) is 12.6 Å². The second-order valence-corrected chi connectivity index (χ2v) is 3.19. The third kappa shape index (κ3) is 1.94. The van der Waals surface area contributed by atoms with E-state index in [1.165, 1.54) is 0 Å². The second kappa shape index (κ2) is 4.07. The minimum Gasteiger partial charge on any atom is -0.375 e. The van der Waals surface area contributed by atoms with Crippen LogP contribution in [-0.2, 0) is 4.74 Å². The van der Waals surface area contributed by atoms with E-state index < -0.39 is 0 Å². The molecule has 2 atom stereocenters. The molecule has 1 fully saturated rings. The summed E-state index contributed by atoms with van der Waals surface area (Å²) in [6.07, 6.45) is 1.60. The molecular weight excluding hydrogens is 138 g/mol. The highest BCUT2D eigenvalue weighted by atomic mass is 16.5. The molecule has 0 spiro atoms. The molecule has 0 N–H and O–H groups in total. The van der Waals surface area contributed by atoms with Crippen LogP contribution in [0.1, 0.15) is 27.2 Å². The number of nitrogens with zero attached hydrogens (tertiary/aromatic N) is 1. The molecule has 1 heterocycles. The van der Waals surface area contributed by atoms with E-state index in [-0.39, 0.29) is 0 Å². The monoisotopic (exact) mass is 157 g/mol. The van der Waals surface area contributed by atoms with E-state index in [4.69, 9.17) is 4.74 Å². The zero-order valence-electron chi connectivity index (χ0n) is 7.84. The van der Waals surface area contributed by atoms with Crippen molar-refractivity contribution in [2.75, 3.05) is 19.7 Å². The first kappa shape index (κ1) is 9.01. The Morgan fingerprint density at radius 1 is 1.45 bits per heavy atom. The highest BCUT2D eigenvalue weighted by molar-refractivity contribution is 4.78. The molecule has 0 aromatic rings. The molecule has 0 aromatic carbocycles. The van der Waals surface area contributed by atoms with E-state index in [2.05, 4.69) is 25.7 Å². The van der Waals surface area contributed by atoms with Gasteiger partial charge in [-0.1, -0.05) is 13.8 Å². The summed E-state index contributed by atoms with van der Waals surface area (Å²) in [4.78, 5) is 2.48. The lowest BCUT2D eigenvalue weighted by atomic mass is 10.1. The number of hydrogen-bond acceptors (Lipinski definition) is 2. The first-order chi connectivity index (χ1) is 5.29. The van der Waals surface area contributed by atoms with E-state index in [0.717, 1.165) is 26.1 Å². The Morgan fingerprint density at radius 2 is 2.18 bits per heavy atom. The van der Waals surface area contributed by atoms with Crippen LogP contribution >= 0.6 is 0 Å². The summed E-state index contributed by atoms with van der Waals surface area (Å²) in [6, 6.07) is 0.610. The van der Waals surface area contributed by atoms with Gasteiger partial charge in [-0.2, -0.15) is 0 Å². The lowest BCUT2D eigenvalue weighted by Crippen LogP contribution is -2.49. The van der Waals surface area contributed by atoms with E-state index in [0.29, 0.717) is 12.1 Å². The molecule has 1 rings (SSSR count). The van der Waals surface area contributed by atoms with Crippen molar-refractivity contribution >= 4 is 0 Å². The lowest BCUT2D eigenvalue weighted by molar-refractivity contribution is -0.0639. The molecule has 0 saturated carbocycles. The fourth-order valence-corrected chi connectivity index (χ4v) is 1.80. The average molecular weight is 157 g/mol. The third-order valence-corrected chi connectivity index (χ3v) is 2.63. The average Bonchev–Trinajstić information content (AvgIpc) is 2.05. The van der Waals surface area contributed by atoms with Crippen LogP contribution in [0.3, 0.4) is 0 Å². The van der Waals surface area contributed by atoms with Crippen LogP contribution in [0.2, 0.25) is 0 Å². The lowest BCUT2D eigenvalue weighted by Gasteiger charge is -2.38. The van der Waals surface area contributed by atoms with Crippen molar-refractivity contribution in [3.8, 4) is 0 Å². The first-order valence-electron chi connectivity index (χ1n) is 4.65.